The fraction of sp³-hybridized carbons (Fsp3) is 0.875. The van der Waals surface area contributed by atoms with Crippen molar-refractivity contribution in [2.45, 2.75) is 62.2 Å². The van der Waals surface area contributed by atoms with E-state index in [2.05, 4.69) is 26.1 Å². The van der Waals surface area contributed by atoms with Gasteiger partial charge in [-0.25, -0.2) is 0 Å². The molecular weight excluding hydrogens is 522 g/mol. The number of aliphatic hydroxyl groups is 1. The number of likely N-dealkylation sites (tertiary alicyclic amines) is 1. The first kappa shape index (κ1) is 26.8. The molecule has 4 fully saturated rings. The first-order valence-electron chi connectivity index (χ1n) is 12.8. The predicted octanol–water partition coefficient (Wildman–Crippen LogP) is 0.153. The Kier molecular flexibility index (Phi) is 8.42. The van der Waals surface area contributed by atoms with E-state index in [1.807, 2.05) is 13.8 Å². The van der Waals surface area contributed by atoms with E-state index in [9.17, 15) is 19.5 Å². The summed E-state index contributed by atoms with van der Waals surface area (Å²) < 4.78 is 17.1. The molecule has 4 saturated heterocycles. The highest BCUT2D eigenvalue weighted by Gasteiger charge is 2.77. The number of amides is 2. The van der Waals surface area contributed by atoms with Gasteiger partial charge in [-0.2, -0.15) is 0 Å². The van der Waals surface area contributed by atoms with Gasteiger partial charge in [-0.15, -0.1) is 0 Å². The van der Waals surface area contributed by atoms with Gasteiger partial charge >= 0.3 is 5.97 Å². The molecule has 2 amide bonds. The summed E-state index contributed by atoms with van der Waals surface area (Å²) in [6, 6.07) is -1.48. The van der Waals surface area contributed by atoms with Crippen LogP contribution in [-0.4, -0.2) is 114 Å². The highest BCUT2D eigenvalue weighted by atomic mass is 79.9. The van der Waals surface area contributed by atoms with Gasteiger partial charge in [-0.3, -0.25) is 19.3 Å². The molecule has 1 spiro atoms. The van der Waals surface area contributed by atoms with Gasteiger partial charge in [0.25, 0.3) is 0 Å². The summed E-state index contributed by atoms with van der Waals surface area (Å²) in [6.45, 7) is 9.68. The van der Waals surface area contributed by atoms with Crippen molar-refractivity contribution in [3.63, 3.8) is 0 Å². The summed E-state index contributed by atoms with van der Waals surface area (Å²) in [5, 5.41) is 13.3. The van der Waals surface area contributed by atoms with E-state index in [4.69, 9.17) is 14.2 Å². The molecule has 2 N–H and O–H groups in total. The quantitative estimate of drug-likeness (QED) is 0.287. The lowest BCUT2D eigenvalue weighted by molar-refractivity contribution is -0.155. The number of esters is 1. The van der Waals surface area contributed by atoms with E-state index in [-0.39, 0.29) is 35.8 Å². The van der Waals surface area contributed by atoms with Crippen molar-refractivity contribution in [3.8, 4) is 0 Å². The molecule has 8 atom stereocenters. The van der Waals surface area contributed by atoms with E-state index in [0.717, 1.165) is 19.5 Å². The number of morpholine rings is 1. The van der Waals surface area contributed by atoms with Crippen LogP contribution in [0.3, 0.4) is 0 Å². The molecule has 4 aliphatic rings. The second kappa shape index (κ2) is 11.0. The van der Waals surface area contributed by atoms with Crippen LogP contribution < -0.4 is 5.32 Å². The molecule has 2 bridgehead atoms. The SMILES string of the molecule is CCOC(=O)[C@@H]1[C@H]2O[C@@]3(CC2Br)[C@H](C(=O)NCCN2CCOCC2)N([C@@H](CO)[C@@H](C)CC)C(=O)[C@@H]13. The number of carbonyl (C=O) groups is 3. The molecule has 0 aliphatic carbocycles. The summed E-state index contributed by atoms with van der Waals surface area (Å²) in [5.41, 5.74) is -1.14. The summed E-state index contributed by atoms with van der Waals surface area (Å²) in [5.74, 6) is -2.72. The number of nitrogens with one attached hydrogen (secondary N) is 1. The van der Waals surface area contributed by atoms with Crippen LogP contribution in [0.4, 0.5) is 0 Å². The molecule has 10 nitrogen and oxygen atoms in total. The maximum atomic E-state index is 14.0. The first-order chi connectivity index (χ1) is 16.8. The minimum atomic E-state index is -1.14. The molecular formula is C24H38BrN3O7. The van der Waals surface area contributed by atoms with Crippen LogP contribution in [0.15, 0.2) is 0 Å². The lowest BCUT2D eigenvalue weighted by atomic mass is 9.70. The minimum absolute atomic E-state index is 0.0409. The van der Waals surface area contributed by atoms with Gasteiger partial charge in [-0.05, 0) is 19.3 Å². The van der Waals surface area contributed by atoms with E-state index >= 15 is 0 Å². The van der Waals surface area contributed by atoms with E-state index in [1.54, 1.807) is 6.92 Å². The van der Waals surface area contributed by atoms with Crippen LogP contribution in [0, 0.1) is 17.8 Å². The number of hydrogen-bond donors (Lipinski definition) is 2. The zero-order chi connectivity index (χ0) is 25.3. The van der Waals surface area contributed by atoms with Gasteiger partial charge < -0.3 is 29.5 Å². The molecule has 11 heteroatoms. The lowest BCUT2D eigenvalue weighted by Crippen LogP contribution is -2.59. The molecule has 0 saturated carbocycles. The largest absolute Gasteiger partial charge is 0.466 e. The van der Waals surface area contributed by atoms with Crippen molar-refractivity contribution >= 4 is 33.7 Å². The molecule has 0 aromatic carbocycles. The maximum absolute atomic E-state index is 14.0. The summed E-state index contributed by atoms with van der Waals surface area (Å²) >= 11 is 3.64. The lowest BCUT2D eigenvalue weighted by Gasteiger charge is -2.39. The maximum Gasteiger partial charge on any atom is 0.312 e. The van der Waals surface area contributed by atoms with Gasteiger partial charge in [0.05, 0.1) is 50.4 Å². The van der Waals surface area contributed by atoms with Gasteiger partial charge in [0, 0.05) is 31.0 Å². The molecule has 4 rings (SSSR count). The summed E-state index contributed by atoms with van der Waals surface area (Å²) in [7, 11) is 0. The molecule has 1 unspecified atom stereocenters. The Labute approximate surface area is 215 Å². The highest BCUT2D eigenvalue weighted by molar-refractivity contribution is 9.09. The fourth-order valence-corrected chi connectivity index (χ4v) is 7.25. The van der Waals surface area contributed by atoms with Crippen molar-refractivity contribution in [3.05, 3.63) is 0 Å². The highest BCUT2D eigenvalue weighted by Crippen LogP contribution is 2.60. The molecule has 0 radical (unpaired) electrons. The van der Waals surface area contributed by atoms with Crippen molar-refractivity contribution in [1.29, 1.82) is 0 Å². The van der Waals surface area contributed by atoms with Crippen LogP contribution in [0.2, 0.25) is 0 Å². The van der Waals surface area contributed by atoms with Gasteiger partial charge in [0.1, 0.15) is 11.6 Å². The van der Waals surface area contributed by atoms with Crippen LogP contribution in [0.25, 0.3) is 0 Å². The van der Waals surface area contributed by atoms with Crippen LogP contribution in [-0.2, 0) is 28.6 Å². The average Bonchev–Trinajstić information content (AvgIpc) is 3.44. The van der Waals surface area contributed by atoms with Gasteiger partial charge in [-0.1, -0.05) is 36.2 Å². The van der Waals surface area contributed by atoms with Crippen molar-refractivity contribution in [2.24, 2.45) is 17.8 Å². The second-order valence-electron chi connectivity index (χ2n) is 10.0. The summed E-state index contributed by atoms with van der Waals surface area (Å²) in [6.07, 6.45) is 0.620. The molecule has 35 heavy (non-hydrogen) atoms. The van der Waals surface area contributed by atoms with Crippen molar-refractivity contribution < 1.29 is 33.7 Å². The smallest absolute Gasteiger partial charge is 0.312 e. The Morgan fingerprint density at radius 2 is 2.03 bits per heavy atom. The number of ether oxygens (including phenoxy) is 3. The Bertz CT molecular complexity index is 810. The average molecular weight is 560 g/mol. The molecule has 4 aliphatic heterocycles. The molecule has 0 aromatic rings. The fourth-order valence-electron chi connectivity index (χ4n) is 6.31. The van der Waals surface area contributed by atoms with Gasteiger partial charge in [0.15, 0.2) is 0 Å². The Hall–Kier alpha value is -1.27. The monoisotopic (exact) mass is 559 g/mol. The molecule has 198 valence electrons. The zero-order valence-electron chi connectivity index (χ0n) is 20.8. The molecule has 4 heterocycles. The van der Waals surface area contributed by atoms with Gasteiger partial charge in [0.2, 0.25) is 11.8 Å². The van der Waals surface area contributed by atoms with Crippen molar-refractivity contribution in [1.82, 2.24) is 15.1 Å². The number of alkyl halides is 1. The topological polar surface area (TPSA) is 118 Å². The summed E-state index contributed by atoms with van der Waals surface area (Å²) in [4.78, 5) is 44.3. The Morgan fingerprint density at radius 3 is 2.66 bits per heavy atom. The van der Waals surface area contributed by atoms with Crippen molar-refractivity contribution in [2.75, 3.05) is 52.6 Å². The number of aliphatic hydroxyl groups excluding tert-OH is 1. The van der Waals surface area contributed by atoms with Crippen LogP contribution in [0.1, 0.15) is 33.6 Å². The van der Waals surface area contributed by atoms with Crippen LogP contribution >= 0.6 is 15.9 Å². The van der Waals surface area contributed by atoms with E-state index in [1.165, 1.54) is 4.90 Å². The Morgan fingerprint density at radius 1 is 1.31 bits per heavy atom. The third kappa shape index (κ3) is 4.63. The van der Waals surface area contributed by atoms with E-state index in [0.29, 0.717) is 32.7 Å². The number of hydrogen-bond acceptors (Lipinski definition) is 8. The minimum Gasteiger partial charge on any atom is -0.466 e. The van der Waals surface area contributed by atoms with E-state index < -0.39 is 41.6 Å². The third-order valence-corrected chi connectivity index (χ3v) is 9.06. The Balaban J connectivity index is 1.63. The number of nitrogens with zero attached hydrogens (tertiary/aromatic N) is 2. The molecule has 0 aromatic heterocycles. The zero-order valence-corrected chi connectivity index (χ0v) is 22.4. The second-order valence-corrected chi connectivity index (χ2v) is 11.2. The number of halogens is 1. The standard InChI is InChI=1S/C24H38BrN3O7/c1-4-14(3)16(13-29)28-20(21(30)26-6-7-27-8-10-33-11-9-27)24-12-15(25)19(35-24)17(18(24)22(28)31)23(32)34-5-2/h14-20,29H,4-13H2,1-3H3,(H,26,30)/t14-,15?,16-,17-,18+,19-,20-,24+/m0/s1. The number of rotatable bonds is 10. The van der Waals surface area contributed by atoms with Crippen LogP contribution in [0.5, 0.6) is 0 Å². The third-order valence-electron chi connectivity index (χ3n) is 8.21. The first-order valence-corrected chi connectivity index (χ1v) is 13.7. The number of fused-ring (bicyclic) bond motifs is 1. The normalized spacial score (nSPS) is 36.2. The number of carbonyl (C=O) groups excluding carboxylic acids is 3. The predicted molar refractivity (Wildman–Crippen MR) is 130 cm³/mol.